The lowest BCUT2D eigenvalue weighted by Gasteiger charge is -2.17. The number of hydrogen-bond acceptors (Lipinski definition) is 2. The van der Waals surface area contributed by atoms with E-state index >= 15 is 0 Å². The number of aromatic amines is 1. The molecule has 0 spiro atoms. The summed E-state index contributed by atoms with van der Waals surface area (Å²) in [5, 5.41) is 7.19. The van der Waals surface area contributed by atoms with Gasteiger partial charge in [0.05, 0.1) is 5.71 Å². The lowest BCUT2D eigenvalue weighted by Crippen LogP contribution is -2.26. The van der Waals surface area contributed by atoms with Crippen LogP contribution in [-0.4, -0.2) is 16.7 Å². The van der Waals surface area contributed by atoms with Gasteiger partial charge in [-0.15, -0.1) is 0 Å². The lowest BCUT2D eigenvalue weighted by molar-refractivity contribution is 0.252. The fraction of sp³-hybridized carbons (Fsp3) is 0.368. The molecule has 1 aromatic carbocycles. The first-order valence-corrected chi connectivity index (χ1v) is 8.46. The van der Waals surface area contributed by atoms with Gasteiger partial charge in [-0.2, -0.15) is 5.10 Å². The van der Waals surface area contributed by atoms with Crippen LogP contribution in [-0.2, 0) is 6.42 Å². The maximum absolute atomic E-state index is 12.1. The molecule has 0 atom stereocenters. The highest BCUT2D eigenvalue weighted by atomic mass is 16.2. The van der Waals surface area contributed by atoms with Gasteiger partial charge in [-0.25, -0.2) is 10.2 Å². The standard InChI is InChI=1S/C19H24N4O/c1-12(2)17-13(3)20-15-10-7-11-16(18(15)17)22-23-19(24)21-14-8-5-4-6-9-14/h4-6,8-9,12,20H,7,10-11H2,1-3H3,(H2,21,23,24)/b22-16+. The molecule has 5 heteroatoms. The fourth-order valence-corrected chi connectivity index (χ4v) is 3.41. The third-order valence-corrected chi connectivity index (χ3v) is 4.34. The van der Waals surface area contributed by atoms with E-state index in [2.05, 4.69) is 41.6 Å². The van der Waals surface area contributed by atoms with Crippen molar-refractivity contribution in [2.45, 2.75) is 46.0 Å². The maximum atomic E-state index is 12.1. The minimum absolute atomic E-state index is 0.320. The SMILES string of the molecule is Cc1[nH]c2c(c1C(C)C)/C(=N/NC(=O)Nc1ccccc1)CCC2. The van der Waals surface area contributed by atoms with Crippen molar-refractivity contribution in [2.24, 2.45) is 5.10 Å². The van der Waals surface area contributed by atoms with Crippen LogP contribution in [0.4, 0.5) is 10.5 Å². The second-order valence-corrected chi connectivity index (χ2v) is 6.52. The molecule has 0 saturated heterocycles. The Bertz CT molecular complexity index is 759. The van der Waals surface area contributed by atoms with Crippen molar-refractivity contribution < 1.29 is 4.79 Å². The molecule has 3 rings (SSSR count). The number of fused-ring (bicyclic) bond motifs is 1. The van der Waals surface area contributed by atoms with E-state index in [0.717, 1.165) is 30.7 Å². The van der Waals surface area contributed by atoms with Crippen LogP contribution in [0.25, 0.3) is 0 Å². The number of urea groups is 1. The van der Waals surface area contributed by atoms with Crippen LogP contribution in [0.5, 0.6) is 0 Å². The zero-order valence-corrected chi connectivity index (χ0v) is 14.4. The molecule has 1 aliphatic rings. The number of benzene rings is 1. The Kier molecular flexibility index (Phi) is 4.69. The van der Waals surface area contributed by atoms with E-state index in [1.54, 1.807) is 0 Å². The number of H-pyrrole nitrogens is 1. The van der Waals surface area contributed by atoms with Crippen LogP contribution >= 0.6 is 0 Å². The van der Waals surface area contributed by atoms with Crippen molar-refractivity contribution in [3.05, 3.63) is 52.8 Å². The van der Waals surface area contributed by atoms with Crippen molar-refractivity contribution in [2.75, 3.05) is 5.32 Å². The second kappa shape index (κ2) is 6.91. The first kappa shape index (κ1) is 16.3. The summed E-state index contributed by atoms with van der Waals surface area (Å²) in [4.78, 5) is 15.5. The van der Waals surface area contributed by atoms with Crippen LogP contribution in [0.3, 0.4) is 0 Å². The Balaban J connectivity index is 1.79. The summed E-state index contributed by atoms with van der Waals surface area (Å²) in [6.45, 7) is 6.50. The summed E-state index contributed by atoms with van der Waals surface area (Å²) >= 11 is 0. The second-order valence-electron chi connectivity index (χ2n) is 6.52. The fourth-order valence-electron chi connectivity index (χ4n) is 3.41. The van der Waals surface area contributed by atoms with Crippen LogP contribution in [0, 0.1) is 6.92 Å². The maximum Gasteiger partial charge on any atom is 0.339 e. The molecule has 2 aromatic rings. The van der Waals surface area contributed by atoms with Crippen molar-refractivity contribution in [3.63, 3.8) is 0 Å². The highest BCUT2D eigenvalue weighted by Crippen LogP contribution is 2.32. The van der Waals surface area contributed by atoms with E-state index in [0.29, 0.717) is 5.92 Å². The van der Waals surface area contributed by atoms with Gasteiger partial charge >= 0.3 is 6.03 Å². The first-order valence-electron chi connectivity index (χ1n) is 8.46. The van der Waals surface area contributed by atoms with Gasteiger partial charge in [-0.3, -0.25) is 0 Å². The zero-order valence-electron chi connectivity index (χ0n) is 14.4. The molecule has 0 aliphatic heterocycles. The highest BCUT2D eigenvalue weighted by molar-refractivity contribution is 6.05. The van der Waals surface area contributed by atoms with Crippen molar-refractivity contribution in [1.29, 1.82) is 0 Å². The molecule has 2 amide bonds. The number of amides is 2. The average molecular weight is 324 g/mol. The molecule has 0 radical (unpaired) electrons. The topological polar surface area (TPSA) is 69.3 Å². The number of hydrazone groups is 1. The summed E-state index contributed by atoms with van der Waals surface area (Å²) in [6.07, 6.45) is 2.97. The molecule has 1 aromatic heterocycles. The first-order chi connectivity index (χ1) is 11.6. The van der Waals surface area contributed by atoms with Gasteiger partial charge in [-0.1, -0.05) is 32.0 Å². The number of nitrogens with zero attached hydrogens (tertiary/aromatic N) is 1. The van der Waals surface area contributed by atoms with Crippen LogP contribution in [0.2, 0.25) is 0 Å². The third-order valence-electron chi connectivity index (χ3n) is 4.34. The molecule has 126 valence electrons. The van der Waals surface area contributed by atoms with Gasteiger partial charge in [0.15, 0.2) is 0 Å². The molecule has 3 N–H and O–H groups in total. The van der Waals surface area contributed by atoms with Crippen LogP contribution in [0.15, 0.2) is 35.4 Å². The Hall–Kier alpha value is -2.56. The Labute approximate surface area is 142 Å². The van der Waals surface area contributed by atoms with E-state index < -0.39 is 0 Å². The van der Waals surface area contributed by atoms with Gasteiger partial charge in [0, 0.05) is 22.6 Å². The van der Waals surface area contributed by atoms with Gasteiger partial charge in [0.2, 0.25) is 0 Å². The van der Waals surface area contributed by atoms with Crippen molar-refractivity contribution in [1.82, 2.24) is 10.4 Å². The molecule has 0 bridgehead atoms. The van der Waals surface area contributed by atoms with Crippen LogP contribution in [0.1, 0.15) is 55.1 Å². The van der Waals surface area contributed by atoms with Gasteiger partial charge in [0.1, 0.15) is 0 Å². The molecular weight excluding hydrogens is 300 g/mol. The van der Waals surface area contributed by atoms with Gasteiger partial charge in [0.25, 0.3) is 0 Å². The smallest absolute Gasteiger partial charge is 0.339 e. The number of aryl methyl sites for hydroxylation is 2. The highest BCUT2D eigenvalue weighted by Gasteiger charge is 2.25. The van der Waals surface area contributed by atoms with E-state index in [4.69, 9.17) is 0 Å². The molecule has 0 fully saturated rings. The minimum atomic E-state index is -0.320. The minimum Gasteiger partial charge on any atom is -0.362 e. The third kappa shape index (κ3) is 3.35. The molecular formula is C19H24N4O. The van der Waals surface area contributed by atoms with Crippen molar-refractivity contribution in [3.8, 4) is 0 Å². The number of carbonyl (C=O) groups excluding carboxylic acids is 1. The van der Waals surface area contributed by atoms with E-state index in [9.17, 15) is 4.79 Å². The molecule has 1 aliphatic carbocycles. The Morgan fingerprint density at radius 2 is 1.96 bits per heavy atom. The quantitative estimate of drug-likeness (QED) is 0.724. The Morgan fingerprint density at radius 3 is 2.67 bits per heavy atom. The van der Waals surface area contributed by atoms with Gasteiger partial charge < -0.3 is 10.3 Å². The zero-order chi connectivity index (χ0) is 17.1. The number of aromatic nitrogens is 1. The molecule has 5 nitrogen and oxygen atoms in total. The number of rotatable bonds is 3. The molecule has 0 unspecified atom stereocenters. The number of hydrogen-bond donors (Lipinski definition) is 3. The van der Waals surface area contributed by atoms with Crippen LogP contribution < -0.4 is 10.7 Å². The lowest BCUT2D eigenvalue weighted by atomic mass is 9.88. The normalized spacial score (nSPS) is 15.4. The van der Waals surface area contributed by atoms with E-state index in [-0.39, 0.29) is 6.03 Å². The number of anilines is 1. The largest absolute Gasteiger partial charge is 0.362 e. The van der Waals surface area contributed by atoms with Gasteiger partial charge in [-0.05, 0) is 49.8 Å². The van der Waals surface area contributed by atoms with E-state index in [1.807, 2.05) is 30.3 Å². The molecule has 24 heavy (non-hydrogen) atoms. The van der Waals surface area contributed by atoms with E-state index in [1.165, 1.54) is 22.5 Å². The number of nitrogens with one attached hydrogen (secondary N) is 3. The average Bonchev–Trinajstić information content (AvgIpc) is 2.90. The predicted molar refractivity (Wildman–Crippen MR) is 97.7 cm³/mol. The number of para-hydroxylation sites is 1. The predicted octanol–water partition coefficient (Wildman–Crippen LogP) is 4.31. The summed E-state index contributed by atoms with van der Waals surface area (Å²) in [5.74, 6) is 0.423. The number of carbonyl (C=O) groups is 1. The summed E-state index contributed by atoms with van der Waals surface area (Å²) in [5.41, 5.74) is 9.32. The summed E-state index contributed by atoms with van der Waals surface area (Å²) in [7, 11) is 0. The molecule has 1 heterocycles. The Morgan fingerprint density at radius 1 is 1.21 bits per heavy atom. The summed E-state index contributed by atoms with van der Waals surface area (Å²) in [6, 6.07) is 9.04. The van der Waals surface area contributed by atoms with Crippen molar-refractivity contribution >= 4 is 17.4 Å². The summed E-state index contributed by atoms with van der Waals surface area (Å²) < 4.78 is 0. The monoisotopic (exact) mass is 324 g/mol. The molecule has 0 saturated carbocycles.